The highest BCUT2D eigenvalue weighted by atomic mass is 15.2. The van der Waals surface area contributed by atoms with Gasteiger partial charge in [0.1, 0.15) is 34.5 Å². The first-order valence-corrected chi connectivity index (χ1v) is 7.65. The fraction of sp³-hybridized carbons (Fsp3) is 0.294. The van der Waals surface area contributed by atoms with Gasteiger partial charge in [0.25, 0.3) is 0 Å². The van der Waals surface area contributed by atoms with Gasteiger partial charge in [0, 0.05) is 33.9 Å². The van der Waals surface area contributed by atoms with Gasteiger partial charge in [-0.1, -0.05) is 6.07 Å². The van der Waals surface area contributed by atoms with Gasteiger partial charge in [-0.05, 0) is 18.2 Å². The second-order valence-electron chi connectivity index (χ2n) is 5.54. The lowest BCUT2D eigenvalue weighted by molar-refractivity contribution is 0.471. The van der Waals surface area contributed by atoms with Crippen molar-refractivity contribution in [3.8, 4) is 6.07 Å². The zero-order valence-corrected chi connectivity index (χ0v) is 14.0. The number of pyridine rings is 1. The topological polar surface area (TPSA) is 82.1 Å². The molecule has 2 aromatic heterocycles. The summed E-state index contributed by atoms with van der Waals surface area (Å²) < 4.78 is 2.09. The fourth-order valence-electron chi connectivity index (χ4n) is 2.77. The highest BCUT2D eigenvalue weighted by Gasteiger charge is 2.15. The van der Waals surface area contributed by atoms with Gasteiger partial charge in [0.2, 0.25) is 0 Å². The van der Waals surface area contributed by atoms with E-state index < -0.39 is 0 Å². The summed E-state index contributed by atoms with van der Waals surface area (Å²) in [4.78, 5) is 15.3. The molecule has 0 unspecified atom stereocenters. The maximum absolute atomic E-state index is 9.03. The summed E-state index contributed by atoms with van der Waals surface area (Å²) in [7, 11) is 5.69. The Morgan fingerprint density at radius 3 is 3.00 bits per heavy atom. The predicted octanol–water partition coefficient (Wildman–Crippen LogP) is -0.683. The lowest BCUT2D eigenvalue weighted by Crippen LogP contribution is -2.36. The van der Waals surface area contributed by atoms with Crippen molar-refractivity contribution in [2.75, 3.05) is 20.6 Å². The number of nitrogens with zero attached hydrogens (tertiary/aromatic N) is 6. The summed E-state index contributed by atoms with van der Waals surface area (Å²) >= 11 is 0. The van der Waals surface area contributed by atoms with Crippen LogP contribution in [0.1, 0.15) is 17.2 Å². The molecule has 0 aliphatic carbocycles. The minimum Gasteiger partial charge on any atom is -0.386 e. The molecule has 0 spiro atoms. The van der Waals surface area contributed by atoms with Gasteiger partial charge in [0.05, 0.1) is 11.9 Å². The molecule has 1 aliphatic heterocycles. The van der Waals surface area contributed by atoms with Crippen molar-refractivity contribution in [3.05, 3.63) is 46.1 Å². The second kappa shape index (κ2) is 6.54. The van der Waals surface area contributed by atoms with Crippen LogP contribution in [0.3, 0.4) is 0 Å². The Morgan fingerprint density at radius 2 is 2.29 bits per heavy atom. The molecule has 0 amide bonds. The number of fused-ring (bicyclic) bond motifs is 1. The van der Waals surface area contributed by atoms with Crippen LogP contribution in [0.2, 0.25) is 0 Å². The molecule has 7 heteroatoms. The van der Waals surface area contributed by atoms with Crippen LogP contribution in [-0.2, 0) is 13.6 Å². The second-order valence-corrected chi connectivity index (χ2v) is 5.54. The first-order chi connectivity index (χ1) is 11.6. The molecule has 0 saturated heterocycles. The lowest BCUT2D eigenvalue weighted by atomic mass is 10.2. The third kappa shape index (κ3) is 2.86. The molecule has 0 radical (unpaired) electrons. The van der Waals surface area contributed by atoms with Crippen LogP contribution in [0.15, 0.2) is 23.2 Å². The van der Waals surface area contributed by atoms with E-state index in [1.54, 1.807) is 13.1 Å². The van der Waals surface area contributed by atoms with Gasteiger partial charge in [-0.25, -0.2) is 9.97 Å². The zero-order chi connectivity index (χ0) is 17.1. The summed E-state index contributed by atoms with van der Waals surface area (Å²) in [6.07, 6.45) is 4.06. The molecule has 7 nitrogen and oxygen atoms in total. The van der Waals surface area contributed by atoms with Crippen LogP contribution >= 0.6 is 0 Å². The first-order valence-electron chi connectivity index (χ1n) is 7.65. The number of hydrogen-bond acceptors (Lipinski definition) is 5. The SMILES string of the molecule is CN=C(c1cccc(C#N)n1)N(C)Cc1nc2c(n1C)=CCNC=2. The Kier molecular flexibility index (Phi) is 4.29. The van der Waals surface area contributed by atoms with Gasteiger partial charge in [0.15, 0.2) is 0 Å². The molecule has 3 heterocycles. The normalized spacial score (nSPS) is 13.2. The quantitative estimate of drug-likeness (QED) is 0.598. The van der Waals surface area contributed by atoms with Crippen LogP contribution in [0, 0.1) is 11.3 Å². The van der Waals surface area contributed by atoms with E-state index in [0.29, 0.717) is 17.9 Å². The number of aromatic nitrogens is 3. The molecule has 122 valence electrons. The summed E-state index contributed by atoms with van der Waals surface area (Å²) in [6.45, 7) is 1.41. The van der Waals surface area contributed by atoms with Crippen LogP contribution in [0.5, 0.6) is 0 Å². The summed E-state index contributed by atoms with van der Waals surface area (Å²) in [6, 6.07) is 7.41. The third-order valence-corrected chi connectivity index (χ3v) is 3.96. The number of hydrogen-bond donors (Lipinski definition) is 1. The van der Waals surface area contributed by atoms with Gasteiger partial charge >= 0.3 is 0 Å². The van der Waals surface area contributed by atoms with Crippen molar-refractivity contribution in [2.24, 2.45) is 12.0 Å². The van der Waals surface area contributed by atoms with E-state index in [9.17, 15) is 0 Å². The average Bonchev–Trinajstić information content (AvgIpc) is 2.92. The number of amidine groups is 1. The third-order valence-electron chi connectivity index (χ3n) is 3.96. The van der Waals surface area contributed by atoms with Crippen molar-refractivity contribution in [3.63, 3.8) is 0 Å². The summed E-state index contributed by atoms with van der Waals surface area (Å²) in [5, 5.41) is 14.3. The molecule has 0 fully saturated rings. The van der Waals surface area contributed by atoms with E-state index >= 15 is 0 Å². The minimum absolute atomic E-state index is 0.379. The van der Waals surface area contributed by atoms with E-state index in [1.165, 1.54) is 0 Å². The Labute approximate surface area is 140 Å². The molecule has 0 atom stereocenters. The summed E-state index contributed by atoms with van der Waals surface area (Å²) in [5.41, 5.74) is 1.06. The number of nitriles is 1. The van der Waals surface area contributed by atoms with Crippen LogP contribution in [-0.4, -0.2) is 45.9 Å². The first kappa shape index (κ1) is 15.7. The molecule has 0 saturated carbocycles. The van der Waals surface area contributed by atoms with Crippen LogP contribution in [0.25, 0.3) is 12.3 Å². The standard InChI is InChI=1S/C17H19N7/c1-19-17(13-6-4-5-12(9-18)21-13)23(2)11-16-22-14-10-20-8-7-15(14)24(16)3/h4-7,10,20H,8,11H2,1-3H3. The Balaban J connectivity index is 1.90. The predicted molar refractivity (Wildman–Crippen MR) is 92.3 cm³/mol. The Bertz CT molecular complexity index is 946. The van der Waals surface area contributed by atoms with Crippen LogP contribution in [0.4, 0.5) is 0 Å². The minimum atomic E-state index is 0.379. The van der Waals surface area contributed by atoms with Crippen molar-refractivity contribution in [1.82, 2.24) is 24.8 Å². The zero-order valence-electron chi connectivity index (χ0n) is 14.0. The molecule has 24 heavy (non-hydrogen) atoms. The van der Waals surface area contributed by atoms with Gasteiger partial charge in [-0.15, -0.1) is 0 Å². The highest BCUT2D eigenvalue weighted by Crippen LogP contribution is 2.06. The highest BCUT2D eigenvalue weighted by molar-refractivity contribution is 5.96. The van der Waals surface area contributed by atoms with Crippen molar-refractivity contribution in [2.45, 2.75) is 6.54 Å². The van der Waals surface area contributed by atoms with Gasteiger partial charge in [-0.2, -0.15) is 5.26 Å². The maximum atomic E-state index is 9.03. The lowest BCUT2D eigenvalue weighted by Gasteiger charge is -2.20. The molecule has 1 aliphatic rings. The largest absolute Gasteiger partial charge is 0.386 e. The number of nitrogens with one attached hydrogen (secondary N) is 1. The van der Waals surface area contributed by atoms with Crippen molar-refractivity contribution >= 4 is 18.1 Å². The molecule has 3 rings (SSSR count). The number of imidazole rings is 1. The van der Waals surface area contributed by atoms with E-state index in [1.807, 2.05) is 37.3 Å². The van der Waals surface area contributed by atoms with E-state index in [0.717, 1.165) is 28.9 Å². The monoisotopic (exact) mass is 321 g/mol. The summed E-state index contributed by atoms with van der Waals surface area (Å²) in [5.74, 6) is 1.66. The molecule has 1 N–H and O–H groups in total. The van der Waals surface area contributed by atoms with Gasteiger partial charge < -0.3 is 14.8 Å². The molecular formula is C17H19N7. The Morgan fingerprint density at radius 1 is 1.46 bits per heavy atom. The molecule has 0 bridgehead atoms. The molecule has 2 aromatic rings. The fourth-order valence-corrected chi connectivity index (χ4v) is 2.77. The molecule has 0 aromatic carbocycles. The van der Waals surface area contributed by atoms with Gasteiger partial charge in [-0.3, -0.25) is 4.99 Å². The molecular weight excluding hydrogens is 302 g/mol. The van der Waals surface area contributed by atoms with E-state index in [2.05, 4.69) is 37.0 Å². The number of rotatable bonds is 3. The van der Waals surface area contributed by atoms with Crippen molar-refractivity contribution < 1.29 is 0 Å². The average molecular weight is 321 g/mol. The van der Waals surface area contributed by atoms with E-state index in [-0.39, 0.29) is 0 Å². The smallest absolute Gasteiger partial charge is 0.149 e. The number of aliphatic imine (C=N–C) groups is 1. The van der Waals surface area contributed by atoms with Crippen LogP contribution < -0.4 is 16.0 Å². The maximum Gasteiger partial charge on any atom is 0.149 e. The van der Waals surface area contributed by atoms with E-state index in [4.69, 9.17) is 5.26 Å². The Hall–Kier alpha value is -3.14. The van der Waals surface area contributed by atoms with Crippen molar-refractivity contribution in [1.29, 1.82) is 5.26 Å².